The van der Waals surface area contributed by atoms with E-state index in [0.717, 1.165) is 5.69 Å². The van der Waals surface area contributed by atoms with E-state index in [1.807, 2.05) is 13.0 Å². The number of piperidine rings is 1. The van der Waals surface area contributed by atoms with E-state index in [1.54, 1.807) is 17.7 Å². The molecule has 3 amide bonds. The Hall–Kier alpha value is -2.11. The molecule has 6 nitrogen and oxygen atoms in total. The van der Waals surface area contributed by atoms with Gasteiger partial charge in [-0.1, -0.05) is 0 Å². The lowest BCUT2D eigenvalue weighted by Crippen LogP contribution is -2.52. The molecule has 1 aromatic rings. The number of aryl methyl sites for hydroxylation is 1. The summed E-state index contributed by atoms with van der Waals surface area (Å²) in [6.45, 7) is 1.89. The number of nitrogens with zero attached hydrogens (tertiary/aromatic N) is 1. The van der Waals surface area contributed by atoms with Gasteiger partial charge in [0.2, 0.25) is 11.8 Å². The SMILES string of the molecule is Cc1ccc(C(=O)NC2CCC(=O)NC2=O)n1C. The number of carbonyl (C=O) groups is 3. The largest absolute Gasteiger partial charge is 0.344 e. The standard InChI is InChI=1S/C12H15N3O3/c1-7-3-5-9(15(7)2)12(18)13-8-4-6-10(16)14-11(8)17/h3,5,8H,4,6H2,1-2H3,(H,13,18)(H,14,16,17). The maximum atomic E-state index is 12.0. The van der Waals surface area contributed by atoms with Crippen molar-refractivity contribution in [3.63, 3.8) is 0 Å². The molecule has 0 spiro atoms. The smallest absolute Gasteiger partial charge is 0.268 e. The Morgan fingerprint density at radius 2 is 2.17 bits per heavy atom. The summed E-state index contributed by atoms with van der Waals surface area (Å²) in [5, 5.41) is 4.84. The molecule has 0 bridgehead atoms. The van der Waals surface area contributed by atoms with Crippen LogP contribution in [0.4, 0.5) is 0 Å². The van der Waals surface area contributed by atoms with E-state index in [1.165, 1.54) is 0 Å². The van der Waals surface area contributed by atoms with Crippen LogP contribution in [-0.2, 0) is 16.6 Å². The molecule has 96 valence electrons. The lowest BCUT2D eigenvalue weighted by atomic mass is 10.1. The van der Waals surface area contributed by atoms with Crippen molar-refractivity contribution >= 4 is 17.7 Å². The number of carbonyl (C=O) groups excluding carboxylic acids is 3. The van der Waals surface area contributed by atoms with Gasteiger partial charge in [0.1, 0.15) is 11.7 Å². The van der Waals surface area contributed by atoms with Crippen molar-refractivity contribution in [3.8, 4) is 0 Å². The van der Waals surface area contributed by atoms with Gasteiger partial charge in [-0.15, -0.1) is 0 Å². The van der Waals surface area contributed by atoms with E-state index in [4.69, 9.17) is 0 Å². The molecule has 1 unspecified atom stereocenters. The molecule has 1 atom stereocenters. The minimum absolute atomic E-state index is 0.253. The van der Waals surface area contributed by atoms with Crippen LogP contribution in [0.25, 0.3) is 0 Å². The third-order valence-corrected chi connectivity index (χ3v) is 3.15. The third-order valence-electron chi connectivity index (χ3n) is 3.15. The van der Waals surface area contributed by atoms with Crippen molar-refractivity contribution < 1.29 is 14.4 Å². The summed E-state index contributed by atoms with van der Waals surface area (Å²) in [6, 6.07) is 2.90. The number of nitrogens with one attached hydrogen (secondary N) is 2. The first kappa shape index (κ1) is 12.3. The van der Waals surface area contributed by atoms with Gasteiger partial charge >= 0.3 is 0 Å². The van der Waals surface area contributed by atoms with Gasteiger partial charge in [-0.25, -0.2) is 0 Å². The van der Waals surface area contributed by atoms with Crippen LogP contribution in [0.5, 0.6) is 0 Å². The van der Waals surface area contributed by atoms with Crippen LogP contribution in [0.15, 0.2) is 12.1 Å². The molecule has 2 rings (SSSR count). The third kappa shape index (κ3) is 2.27. The van der Waals surface area contributed by atoms with E-state index in [0.29, 0.717) is 12.1 Å². The molecule has 1 aromatic heterocycles. The Kier molecular flexibility index (Phi) is 3.18. The second kappa shape index (κ2) is 4.64. The van der Waals surface area contributed by atoms with E-state index in [2.05, 4.69) is 10.6 Å². The Bertz CT molecular complexity index is 519. The summed E-state index contributed by atoms with van der Waals surface area (Å²) >= 11 is 0. The molecule has 1 aliphatic rings. The Morgan fingerprint density at radius 3 is 2.72 bits per heavy atom. The first-order valence-electron chi connectivity index (χ1n) is 5.76. The maximum absolute atomic E-state index is 12.0. The number of hydrogen-bond acceptors (Lipinski definition) is 3. The van der Waals surface area contributed by atoms with Crippen LogP contribution < -0.4 is 10.6 Å². The maximum Gasteiger partial charge on any atom is 0.268 e. The van der Waals surface area contributed by atoms with Gasteiger partial charge in [0.15, 0.2) is 0 Å². The van der Waals surface area contributed by atoms with Gasteiger partial charge in [0, 0.05) is 19.2 Å². The average Bonchev–Trinajstić information content (AvgIpc) is 2.64. The normalized spacial score (nSPS) is 19.6. The second-order valence-electron chi connectivity index (χ2n) is 4.40. The lowest BCUT2D eigenvalue weighted by molar-refractivity contribution is -0.134. The zero-order valence-corrected chi connectivity index (χ0v) is 10.3. The zero-order chi connectivity index (χ0) is 13.3. The summed E-state index contributed by atoms with van der Waals surface area (Å²) in [4.78, 5) is 34.5. The Balaban J connectivity index is 2.06. The predicted molar refractivity (Wildman–Crippen MR) is 63.8 cm³/mol. The van der Waals surface area contributed by atoms with Crippen LogP contribution in [0.3, 0.4) is 0 Å². The fourth-order valence-electron chi connectivity index (χ4n) is 1.90. The van der Waals surface area contributed by atoms with Crippen molar-refractivity contribution in [1.82, 2.24) is 15.2 Å². The minimum atomic E-state index is -0.634. The highest BCUT2D eigenvalue weighted by Crippen LogP contribution is 2.08. The molecule has 0 aromatic carbocycles. The quantitative estimate of drug-likeness (QED) is 0.716. The molecule has 6 heteroatoms. The second-order valence-corrected chi connectivity index (χ2v) is 4.40. The van der Waals surface area contributed by atoms with Crippen LogP contribution >= 0.6 is 0 Å². The van der Waals surface area contributed by atoms with Gasteiger partial charge in [-0.3, -0.25) is 19.7 Å². The van der Waals surface area contributed by atoms with E-state index in [9.17, 15) is 14.4 Å². The zero-order valence-electron chi connectivity index (χ0n) is 10.3. The van der Waals surface area contributed by atoms with Gasteiger partial charge in [-0.05, 0) is 25.5 Å². The first-order chi connectivity index (χ1) is 8.49. The highest BCUT2D eigenvalue weighted by molar-refractivity contribution is 6.03. The minimum Gasteiger partial charge on any atom is -0.344 e. The lowest BCUT2D eigenvalue weighted by Gasteiger charge is -2.21. The molecule has 2 N–H and O–H groups in total. The fourth-order valence-corrected chi connectivity index (χ4v) is 1.90. The van der Waals surface area contributed by atoms with Crippen molar-refractivity contribution in [2.45, 2.75) is 25.8 Å². The highest BCUT2D eigenvalue weighted by Gasteiger charge is 2.28. The molecule has 18 heavy (non-hydrogen) atoms. The van der Waals surface area contributed by atoms with E-state index >= 15 is 0 Å². The molecular formula is C12H15N3O3. The highest BCUT2D eigenvalue weighted by atomic mass is 16.2. The first-order valence-corrected chi connectivity index (χ1v) is 5.76. The van der Waals surface area contributed by atoms with E-state index < -0.39 is 11.9 Å². The van der Waals surface area contributed by atoms with Gasteiger partial charge in [0.05, 0.1) is 0 Å². The topological polar surface area (TPSA) is 80.2 Å². The van der Waals surface area contributed by atoms with Crippen molar-refractivity contribution in [1.29, 1.82) is 0 Å². The average molecular weight is 249 g/mol. The number of hydrogen-bond donors (Lipinski definition) is 2. The van der Waals surface area contributed by atoms with Crippen molar-refractivity contribution in [3.05, 3.63) is 23.5 Å². The van der Waals surface area contributed by atoms with Gasteiger partial charge in [0.25, 0.3) is 5.91 Å². The summed E-state index contributed by atoms with van der Waals surface area (Å²) in [7, 11) is 1.79. The summed E-state index contributed by atoms with van der Waals surface area (Å²) in [6.07, 6.45) is 0.600. The molecule has 1 saturated heterocycles. The van der Waals surface area contributed by atoms with Gasteiger partial charge < -0.3 is 9.88 Å². The molecule has 2 heterocycles. The molecule has 0 saturated carbocycles. The number of aromatic nitrogens is 1. The molecule has 1 aliphatic heterocycles. The van der Waals surface area contributed by atoms with Crippen LogP contribution in [0.2, 0.25) is 0 Å². The van der Waals surface area contributed by atoms with Crippen LogP contribution in [-0.4, -0.2) is 28.3 Å². The van der Waals surface area contributed by atoms with Crippen LogP contribution in [0.1, 0.15) is 29.0 Å². The fraction of sp³-hybridized carbons (Fsp3) is 0.417. The summed E-state index contributed by atoms with van der Waals surface area (Å²) in [5.41, 5.74) is 1.46. The van der Waals surface area contributed by atoms with Crippen molar-refractivity contribution in [2.24, 2.45) is 7.05 Å². The summed E-state index contributed by atoms with van der Waals surface area (Å²) in [5.74, 6) is -1.04. The number of rotatable bonds is 2. The number of imide groups is 1. The molecule has 0 aliphatic carbocycles. The van der Waals surface area contributed by atoms with Gasteiger partial charge in [-0.2, -0.15) is 0 Å². The molecule has 0 radical (unpaired) electrons. The monoisotopic (exact) mass is 249 g/mol. The Morgan fingerprint density at radius 1 is 1.44 bits per heavy atom. The van der Waals surface area contributed by atoms with E-state index in [-0.39, 0.29) is 18.2 Å². The summed E-state index contributed by atoms with van der Waals surface area (Å²) < 4.78 is 1.75. The Labute approximate surface area is 104 Å². The molecule has 1 fully saturated rings. The molecular weight excluding hydrogens is 234 g/mol. The van der Waals surface area contributed by atoms with Crippen LogP contribution in [0, 0.1) is 6.92 Å². The predicted octanol–water partition coefficient (Wildman–Crippen LogP) is -0.131. The number of amides is 3. The van der Waals surface area contributed by atoms with Crippen molar-refractivity contribution in [2.75, 3.05) is 0 Å².